The lowest BCUT2D eigenvalue weighted by Gasteiger charge is -2.36. The maximum Gasteiger partial charge on any atom is 0.262 e. The molecule has 0 fully saturated rings. The van der Waals surface area contributed by atoms with Crippen LogP contribution >= 0.6 is 0 Å². The van der Waals surface area contributed by atoms with Gasteiger partial charge in [-0.25, -0.2) is 8.42 Å². The predicted molar refractivity (Wildman–Crippen MR) is 162 cm³/mol. The molecule has 3 aromatic rings. The quantitative estimate of drug-likeness (QED) is 0.431. The molecule has 1 aliphatic heterocycles. The molecule has 3 atom stereocenters. The van der Waals surface area contributed by atoms with Crippen molar-refractivity contribution in [3.8, 4) is 11.5 Å². The van der Waals surface area contributed by atoms with Gasteiger partial charge in [-0.3, -0.25) is 19.3 Å². The molecule has 2 aromatic carbocycles. The summed E-state index contributed by atoms with van der Waals surface area (Å²) >= 11 is 0. The van der Waals surface area contributed by atoms with Crippen molar-refractivity contribution < 1.29 is 32.2 Å². The number of hydrogen-bond donors (Lipinski definition) is 1. The molecule has 230 valence electrons. The van der Waals surface area contributed by atoms with Gasteiger partial charge in [-0.2, -0.15) is 0 Å². The van der Waals surface area contributed by atoms with Crippen LogP contribution in [-0.2, 0) is 26.0 Å². The maximum atomic E-state index is 13.5. The van der Waals surface area contributed by atoms with Gasteiger partial charge in [0.05, 0.1) is 41.8 Å². The van der Waals surface area contributed by atoms with E-state index < -0.39 is 10.0 Å². The lowest BCUT2D eigenvalue weighted by Crippen LogP contribution is -2.49. The van der Waals surface area contributed by atoms with Gasteiger partial charge in [-0.1, -0.05) is 19.1 Å². The van der Waals surface area contributed by atoms with E-state index in [0.717, 1.165) is 5.56 Å². The Balaban J connectivity index is 1.66. The predicted octanol–water partition coefficient (Wildman–Crippen LogP) is 3.47. The second-order valence-corrected chi connectivity index (χ2v) is 12.4. The molecule has 1 N–H and O–H groups in total. The van der Waals surface area contributed by atoms with Gasteiger partial charge in [0.1, 0.15) is 18.1 Å². The Kier molecular flexibility index (Phi) is 10.3. The summed E-state index contributed by atoms with van der Waals surface area (Å²) in [5, 5.41) is 0. The highest BCUT2D eigenvalue weighted by Crippen LogP contribution is 2.29. The molecule has 0 bridgehead atoms. The summed E-state index contributed by atoms with van der Waals surface area (Å²) in [4.78, 5) is 34.5. The monoisotopic (exact) mass is 610 g/mol. The minimum atomic E-state index is -3.97. The molecule has 2 heterocycles. The van der Waals surface area contributed by atoms with Crippen LogP contribution in [0.3, 0.4) is 0 Å². The van der Waals surface area contributed by atoms with E-state index in [1.807, 2.05) is 19.9 Å². The lowest BCUT2D eigenvalue weighted by molar-refractivity contribution is -0.134. The molecule has 2 amide bonds. The van der Waals surface area contributed by atoms with E-state index in [1.165, 1.54) is 37.4 Å². The Morgan fingerprint density at radius 1 is 1.09 bits per heavy atom. The zero-order valence-electron chi connectivity index (χ0n) is 25.0. The number of pyridine rings is 1. The van der Waals surface area contributed by atoms with E-state index in [-0.39, 0.29) is 71.3 Å². The molecule has 11 nitrogen and oxygen atoms in total. The van der Waals surface area contributed by atoms with Crippen LogP contribution in [0, 0.1) is 5.92 Å². The summed E-state index contributed by atoms with van der Waals surface area (Å²) in [5.74, 6) is 0.110. The number of sulfonamides is 1. The number of ether oxygens (including phenoxy) is 3. The standard InChI is InChI=1S/C31H38N4O7S/c1-21-18-35(30(36)14-23-8-7-13-32-17-23)22(2)20-42-28-15-24(11-12-27(28)31(37)34(3)19-29(21)41-5)33-43(38,39)26-10-6-9-25(16-26)40-4/h6-13,15-17,21-22,29,33H,14,18-20H2,1-5H3/t21-,22-,29+/m0/s1. The highest BCUT2D eigenvalue weighted by Gasteiger charge is 2.30. The number of likely N-dealkylation sites (N-methyl/N-ethyl adjacent to an activating group) is 1. The third kappa shape index (κ3) is 7.82. The van der Waals surface area contributed by atoms with Crippen molar-refractivity contribution in [2.75, 3.05) is 45.7 Å². The first kappa shape index (κ1) is 31.8. The average molecular weight is 611 g/mol. The van der Waals surface area contributed by atoms with Crippen molar-refractivity contribution >= 4 is 27.5 Å². The van der Waals surface area contributed by atoms with Crippen molar-refractivity contribution in [3.05, 3.63) is 78.1 Å². The van der Waals surface area contributed by atoms with Gasteiger partial charge in [0, 0.05) is 57.7 Å². The van der Waals surface area contributed by atoms with Crippen molar-refractivity contribution in [1.82, 2.24) is 14.8 Å². The van der Waals surface area contributed by atoms with Crippen molar-refractivity contribution in [2.45, 2.75) is 37.3 Å². The smallest absolute Gasteiger partial charge is 0.262 e. The molecule has 0 saturated heterocycles. The average Bonchev–Trinajstić information content (AvgIpc) is 3.00. The highest BCUT2D eigenvalue weighted by atomic mass is 32.2. The molecule has 1 aromatic heterocycles. The van der Waals surface area contributed by atoms with Crippen LogP contribution in [0.4, 0.5) is 5.69 Å². The fourth-order valence-electron chi connectivity index (χ4n) is 4.94. The number of carbonyl (C=O) groups is 2. The summed E-state index contributed by atoms with van der Waals surface area (Å²) in [6.07, 6.45) is 3.16. The fraction of sp³-hybridized carbons (Fsp3) is 0.387. The SMILES string of the molecule is COc1cccc(S(=O)(=O)Nc2ccc3c(c2)OC[C@H](C)N(C(=O)Cc2cccnc2)C[C@H](C)[C@H](OC)CN(C)C3=O)c1. The van der Waals surface area contributed by atoms with E-state index in [2.05, 4.69) is 9.71 Å². The van der Waals surface area contributed by atoms with Crippen LogP contribution in [-0.4, -0.2) is 88.1 Å². The van der Waals surface area contributed by atoms with Crippen LogP contribution in [0.1, 0.15) is 29.8 Å². The van der Waals surface area contributed by atoms with Crippen LogP contribution in [0.15, 0.2) is 71.9 Å². The number of methoxy groups -OCH3 is 2. The molecule has 12 heteroatoms. The van der Waals surface area contributed by atoms with Gasteiger partial charge in [-0.05, 0) is 42.8 Å². The summed E-state index contributed by atoms with van der Waals surface area (Å²) in [6, 6.07) is 13.9. The van der Waals surface area contributed by atoms with Gasteiger partial charge < -0.3 is 24.0 Å². The Bertz CT molecular complexity index is 1530. The van der Waals surface area contributed by atoms with Gasteiger partial charge in [0.25, 0.3) is 15.9 Å². The van der Waals surface area contributed by atoms with E-state index in [0.29, 0.717) is 12.3 Å². The molecule has 0 radical (unpaired) electrons. The number of aromatic nitrogens is 1. The van der Waals surface area contributed by atoms with E-state index in [1.54, 1.807) is 54.6 Å². The van der Waals surface area contributed by atoms with Crippen molar-refractivity contribution in [3.63, 3.8) is 0 Å². The molecule has 0 saturated carbocycles. The molecule has 0 spiro atoms. The number of fused-ring (bicyclic) bond motifs is 1. The van der Waals surface area contributed by atoms with Crippen LogP contribution in [0.2, 0.25) is 0 Å². The first-order valence-corrected chi connectivity index (χ1v) is 15.4. The third-order valence-electron chi connectivity index (χ3n) is 7.45. The molecular weight excluding hydrogens is 572 g/mol. The van der Waals surface area contributed by atoms with E-state index in [4.69, 9.17) is 14.2 Å². The molecule has 0 aliphatic carbocycles. The minimum absolute atomic E-state index is 0.0208. The zero-order chi connectivity index (χ0) is 31.1. The molecule has 43 heavy (non-hydrogen) atoms. The molecular formula is C31H38N4O7S. The number of rotatable bonds is 7. The number of benzene rings is 2. The minimum Gasteiger partial charge on any atom is -0.497 e. The van der Waals surface area contributed by atoms with Gasteiger partial charge in [0.2, 0.25) is 5.91 Å². The van der Waals surface area contributed by atoms with Crippen LogP contribution in [0.25, 0.3) is 0 Å². The maximum absolute atomic E-state index is 13.5. The largest absolute Gasteiger partial charge is 0.497 e. The lowest BCUT2D eigenvalue weighted by atomic mass is 10.0. The van der Waals surface area contributed by atoms with Crippen molar-refractivity contribution in [2.24, 2.45) is 5.92 Å². The first-order valence-electron chi connectivity index (χ1n) is 13.9. The number of hydrogen-bond acceptors (Lipinski definition) is 8. The van der Waals surface area contributed by atoms with Crippen LogP contribution < -0.4 is 14.2 Å². The Morgan fingerprint density at radius 3 is 2.58 bits per heavy atom. The van der Waals surface area contributed by atoms with Crippen molar-refractivity contribution in [1.29, 1.82) is 0 Å². The van der Waals surface area contributed by atoms with Gasteiger partial charge >= 0.3 is 0 Å². The third-order valence-corrected chi connectivity index (χ3v) is 8.83. The number of anilines is 1. The number of carbonyl (C=O) groups excluding carboxylic acids is 2. The summed E-state index contributed by atoms with van der Waals surface area (Å²) < 4.78 is 45.9. The Hall–Kier alpha value is -4.16. The van der Waals surface area contributed by atoms with Gasteiger partial charge in [0.15, 0.2) is 0 Å². The Morgan fingerprint density at radius 2 is 1.88 bits per heavy atom. The summed E-state index contributed by atoms with van der Waals surface area (Å²) in [6.45, 7) is 4.60. The Labute approximate surface area is 252 Å². The first-order chi connectivity index (χ1) is 20.5. The molecule has 4 rings (SSSR count). The number of nitrogens with one attached hydrogen (secondary N) is 1. The topological polar surface area (TPSA) is 127 Å². The number of amides is 2. The normalized spacial score (nSPS) is 19.8. The summed E-state index contributed by atoms with van der Waals surface area (Å²) in [5.41, 5.74) is 1.27. The second-order valence-electron chi connectivity index (χ2n) is 10.7. The van der Waals surface area contributed by atoms with E-state index in [9.17, 15) is 18.0 Å². The second kappa shape index (κ2) is 13.9. The highest BCUT2D eigenvalue weighted by molar-refractivity contribution is 7.92. The zero-order valence-corrected chi connectivity index (χ0v) is 25.8. The molecule has 0 unspecified atom stereocenters. The summed E-state index contributed by atoms with van der Waals surface area (Å²) in [7, 11) is 0.750. The fourth-order valence-corrected chi connectivity index (χ4v) is 6.03. The van der Waals surface area contributed by atoms with Crippen LogP contribution in [0.5, 0.6) is 11.5 Å². The number of nitrogens with zero attached hydrogens (tertiary/aromatic N) is 3. The molecule has 1 aliphatic rings. The van der Waals surface area contributed by atoms with Gasteiger partial charge in [-0.15, -0.1) is 0 Å². The van der Waals surface area contributed by atoms with E-state index >= 15 is 0 Å².